The van der Waals surface area contributed by atoms with Crippen molar-refractivity contribution in [2.45, 2.75) is 40.2 Å². The van der Waals surface area contributed by atoms with Gasteiger partial charge in [0, 0.05) is 5.69 Å². The number of ether oxygens (including phenoxy) is 1. The number of aromatic nitrogens is 2. The molecule has 0 unspecified atom stereocenters. The Balaban J connectivity index is 3.24. The molecule has 0 aliphatic heterocycles. The van der Waals surface area contributed by atoms with E-state index in [4.69, 9.17) is 10.5 Å². The summed E-state index contributed by atoms with van der Waals surface area (Å²) in [5, 5.41) is 6.80. The highest BCUT2D eigenvalue weighted by Crippen LogP contribution is 2.15. The molecule has 1 heterocycles. The van der Waals surface area contributed by atoms with E-state index in [1.54, 1.807) is 20.8 Å². The number of allylic oxidation sites excluding steroid dienone is 1. The minimum Gasteiger partial charge on any atom is -0.444 e. The summed E-state index contributed by atoms with van der Waals surface area (Å²) in [7, 11) is 0. The lowest BCUT2D eigenvalue weighted by Crippen LogP contribution is -2.35. The molecule has 7 nitrogen and oxygen atoms in total. The third kappa shape index (κ3) is 5.90. The number of carbonyl (C=O) groups is 1. The van der Waals surface area contributed by atoms with Crippen LogP contribution in [0.3, 0.4) is 0 Å². The number of carbonyl (C=O) groups excluding carboxylic acids is 1. The highest BCUT2D eigenvalue weighted by atomic mass is 79.9. The van der Waals surface area contributed by atoms with Gasteiger partial charge >= 0.3 is 6.09 Å². The molecule has 0 aliphatic rings. The van der Waals surface area contributed by atoms with Crippen molar-refractivity contribution in [1.29, 1.82) is 0 Å². The SMILES string of the molecule is C=C/C(Br)=N\C(=C(/N)NC(=O)OC(C)(C)C)n1nc(C)cc1C. The fraction of sp³-hybridized carbons (Fsp3) is 0.400. The van der Waals surface area contributed by atoms with Crippen molar-refractivity contribution >= 4 is 32.5 Å². The zero-order chi connectivity index (χ0) is 17.8. The van der Waals surface area contributed by atoms with E-state index in [9.17, 15) is 4.79 Å². The molecule has 0 aromatic carbocycles. The van der Waals surface area contributed by atoms with Gasteiger partial charge in [-0.1, -0.05) is 6.58 Å². The van der Waals surface area contributed by atoms with E-state index in [0.29, 0.717) is 4.62 Å². The summed E-state index contributed by atoms with van der Waals surface area (Å²) in [6.45, 7) is 12.6. The molecule has 0 spiro atoms. The van der Waals surface area contributed by atoms with E-state index in [-0.39, 0.29) is 11.6 Å². The molecular formula is C15H22BrN5O2. The largest absolute Gasteiger partial charge is 0.444 e. The van der Waals surface area contributed by atoms with Gasteiger partial charge in [0.2, 0.25) is 0 Å². The first-order valence-electron chi connectivity index (χ1n) is 6.93. The maximum atomic E-state index is 11.9. The molecule has 1 rings (SSSR count). The van der Waals surface area contributed by atoms with Crippen LogP contribution in [0.15, 0.2) is 29.5 Å². The second-order valence-corrected chi connectivity index (χ2v) is 6.65. The number of nitrogens with zero attached hydrogens (tertiary/aromatic N) is 3. The fourth-order valence-corrected chi connectivity index (χ4v) is 1.85. The van der Waals surface area contributed by atoms with Crippen LogP contribution in [0.5, 0.6) is 0 Å². The van der Waals surface area contributed by atoms with Crippen LogP contribution in [0.25, 0.3) is 5.82 Å². The number of amides is 1. The molecule has 3 N–H and O–H groups in total. The molecule has 0 saturated heterocycles. The normalized spacial score (nSPS) is 13.4. The smallest absolute Gasteiger partial charge is 0.413 e. The van der Waals surface area contributed by atoms with Crippen molar-refractivity contribution in [2.75, 3.05) is 0 Å². The minimum absolute atomic E-state index is 0.0178. The standard InChI is InChI=1S/C15H22BrN5O2/c1-7-11(16)18-13(21-10(3)8-9(2)20-21)12(17)19-14(22)23-15(4,5)6/h7-8H,1,17H2,2-6H3,(H,19,22)/b13-12-,18-11+. The molecule has 0 aliphatic carbocycles. The zero-order valence-electron chi connectivity index (χ0n) is 14.0. The van der Waals surface area contributed by atoms with Gasteiger partial charge in [0.1, 0.15) is 10.2 Å². The van der Waals surface area contributed by atoms with Gasteiger partial charge in [-0.05, 0) is 62.7 Å². The van der Waals surface area contributed by atoms with Gasteiger partial charge in [-0.2, -0.15) is 5.10 Å². The maximum Gasteiger partial charge on any atom is 0.413 e. The Morgan fingerprint density at radius 3 is 2.57 bits per heavy atom. The lowest BCUT2D eigenvalue weighted by atomic mass is 10.2. The van der Waals surface area contributed by atoms with E-state index >= 15 is 0 Å². The topological polar surface area (TPSA) is 94.5 Å². The molecule has 8 heteroatoms. The van der Waals surface area contributed by atoms with E-state index in [0.717, 1.165) is 11.4 Å². The molecule has 23 heavy (non-hydrogen) atoms. The molecule has 0 bridgehead atoms. The molecule has 0 radical (unpaired) electrons. The van der Waals surface area contributed by atoms with Gasteiger partial charge in [0.15, 0.2) is 11.6 Å². The van der Waals surface area contributed by atoms with Crippen LogP contribution in [0.1, 0.15) is 32.2 Å². The lowest BCUT2D eigenvalue weighted by molar-refractivity contribution is 0.0545. The summed E-state index contributed by atoms with van der Waals surface area (Å²) in [4.78, 5) is 16.2. The minimum atomic E-state index is -0.668. The summed E-state index contributed by atoms with van der Waals surface area (Å²) in [6, 6.07) is 1.87. The Hall–Kier alpha value is -2.09. The number of aryl methyl sites for hydroxylation is 2. The number of hydrogen-bond acceptors (Lipinski definition) is 5. The van der Waals surface area contributed by atoms with Gasteiger partial charge in [-0.15, -0.1) is 0 Å². The number of hydrogen-bond donors (Lipinski definition) is 2. The lowest BCUT2D eigenvalue weighted by Gasteiger charge is -2.20. The van der Waals surface area contributed by atoms with E-state index < -0.39 is 11.7 Å². The van der Waals surface area contributed by atoms with Crippen molar-refractivity contribution in [3.05, 3.63) is 35.9 Å². The van der Waals surface area contributed by atoms with Crippen LogP contribution in [0.4, 0.5) is 4.79 Å². The van der Waals surface area contributed by atoms with E-state index in [2.05, 4.69) is 37.9 Å². The van der Waals surface area contributed by atoms with Crippen molar-refractivity contribution in [1.82, 2.24) is 15.1 Å². The van der Waals surface area contributed by atoms with Gasteiger partial charge < -0.3 is 10.5 Å². The first-order chi connectivity index (χ1) is 10.5. The van der Waals surface area contributed by atoms with Crippen molar-refractivity contribution < 1.29 is 9.53 Å². The predicted molar refractivity (Wildman–Crippen MR) is 95.0 cm³/mol. The van der Waals surface area contributed by atoms with Gasteiger partial charge in [0.05, 0.1) is 5.69 Å². The van der Waals surface area contributed by atoms with Gasteiger partial charge in [0.25, 0.3) is 0 Å². The number of nitrogens with one attached hydrogen (secondary N) is 1. The van der Waals surface area contributed by atoms with Crippen LogP contribution in [0, 0.1) is 13.8 Å². The van der Waals surface area contributed by atoms with Crippen LogP contribution >= 0.6 is 15.9 Å². The molecule has 1 aromatic heterocycles. The first kappa shape index (κ1) is 19.0. The Morgan fingerprint density at radius 1 is 1.52 bits per heavy atom. The van der Waals surface area contributed by atoms with Crippen LogP contribution in [0.2, 0.25) is 0 Å². The van der Waals surface area contributed by atoms with E-state index in [1.807, 2.05) is 19.9 Å². The predicted octanol–water partition coefficient (Wildman–Crippen LogP) is 3.05. The third-order valence-electron chi connectivity index (χ3n) is 2.47. The third-order valence-corrected chi connectivity index (χ3v) is 2.97. The summed E-state index contributed by atoms with van der Waals surface area (Å²) < 4.78 is 7.17. The van der Waals surface area contributed by atoms with Crippen LogP contribution < -0.4 is 11.1 Å². The number of rotatable bonds is 4. The maximum absolute atomic E-state index is 11.9. The van der Waals surface area contributed by atoms with Crippen molar-refractivity contribution in [3.8, 4) is 0 Å². The van der Waals surface area contributed by atoms with Gasteiger partial charge in [-0.25, -0.2) is 14.5 Å². The summed E-state index contributed by atoms with van der Waals surface area (Å²) in [5.74, 6) is 0.275. The van der Waals surface area contributed by atoms with Gasteiger partial charge in [-0.3, -0.25) is 5.32 Å². The average Bonchev–Trinajstić information content (AvgIpc) is 2.71. The molecule has 0 atom stereocenters. The Bertz CT molecular complexity index is 668. The second-order valence-electron chi connectivity index (χ2n) is 5.84. The number of aliphatic imine (C=N–C) groups is 1. The van der Waals surface area contributed by atoms with Crippen LogP contribution in [-0.4, -0.2) is 26.1 Å². The molecule has 0 fully saturated rings. The molecule has 126 valence electrons. The Morgan fingerprint density at radius 2 is 2.13 bits per heavy atom. The number of halogens is 1. The molecule has 0 saturated carbocycles. The van der Waals surface area contributed by atoms with Crippen molar-refractivity contribution in [3.63, 3.8) is 0 Å². The summed E-state index contributed by atoms with van der Waals surface area (Å²) in [5.41, 5.74) is 6.98. The van der Waals surface area contributed by atoms with Crippen LogP contribution in [-0.2, 0) is 4.74 Å². The quantitative estimate of drug-likeness (QED) is 0.781. The monoisotopic (exact) mass is 383 g/mol. The fourth-order valence-electron chi connectivity index (χ4n) is 1.68. The highest BCUT2D eigenvalue weighted by Gasteiger charge is 2.19. The molecule has 1 aromatic rings. The average molecular weight is 384 g/mol. The summed E-state index contributed by atoms with van der Waals surface area (Å²) in [6.07, 6.45) is 0.839. The first-order valence-corrected chi connectivity index (χ1v) is 7.73. The molecular weight excluding hydrogens is 362 g/mol. The zero-order valence-corrected chi connectivity index (χ0v) is 15.6. The second kappa shape index (κ2) is 7.45. The highest BCUT2D eigenvalue weighted by molar-refractivity contribution is 9.18. The molecule has 1 amide bonds. The number of alkyl carbamates (subject to hydrolysis) is 1. The summed E-state index contributed by atoms with van der Waals surface area (Å²) >= 11 is 3.25. The van der Waals surface area contributed by atoms with Crippen molar-refractivity contribution in [2.24, 2.45) is 10.7 Å². The Kier molecular flexibility index (Phi) is 6.14. The Labute approximate surface area is 144 Å². The van der Waals surface area contributed by atoms with E-state index in [1.165, 1.54) is 10.8 Å². The number of nitrogens with two attached hydrogens (primary N) is 1.